The van der Waals surface area contributed by atoms with Gasteiger partial charge in [-0.15, -0.1) is 5.10 Å². The Balaban J connectivity index is 1.87. The summed E-state index contributed by atoms with van der Waals surface area (Å²) in [5, 5.41) is 16.9. The topological polar surface area (TPSA) is 88.3 Å². The molecule has 0 spiro atoms. The highest BCUT2D eigenvalue weighted by molar-refractivity contribution is 5.95. The first kappa shape index (κ1) is 15.1. The van der Waals surface area contributed by atoms with E-state index in [4.69, 9.17) is 5.11 Å². The van der Waals surface area contributed by atoms with Gasteiger partial charge in [0, 0.05) is 6.54 Å². The average molecular weight is 318 g/mol. The van der Waals surface area contributed by atoms with Gasteiger partial charge in [0.1, 0.15) is 11.9 Å². The van der Waals surface area contributed by atoms with E-state index >= 15 is 0 Å². The number of carboxylic acids is 1. The molecular weight excluding hydrogens is 303 g/mol. The van der Waals surface area contributed by atoms with Crippen molar-refractivity contribution in [2.24, 2.45) is 0 Å². The Hall–Kier alpha value is -2.77. The summed E-state index contributed by atoms with van der Waals surface area (Å²) in [7, 11) is 0. The van der Waals surface area contributed by atoms with Crippen molar-refractivity contribution in [2.45, 2.75) is 25.8 Å². The average Bonchev–Trinajstić information content (AvgIpc) is 3.16. The van der Waals surface area contributed by atoms with Crippen LogP contribution in [0.4, 0.5) is 4.39 Å². The Bertz CT molecular complexity index is 774. The maximum absolute atomic E-state index is 13.2. The molecule has 0 bridgehead atoms. The van der Waals surface area contributed by atoms with Crippen molar-refractivity contribution in [1.82, 2.24) is 19.9 Å². The fraction of sp³-hybridized carbons (Fsp3) is 0.333. The van der Waals surface area contributed by atoms with Gasteiger partial charge in [-0.1, -0.05) is 5.21 Å². The number of halogens is 1. The van der Waals surface area contributed by atoms with Crippen LogP contribution in [0.2, 0.25) is 0 Å². The molecule has 0 saturated carbocycles. The number of nitrogens with zero attached hydrogens (tertiary/aromatic N) is 4. The van der Waals surface area contributed by atoms with Crippen LogP contribution >= 0.6 is 0 Å². The van der Waals surface area contributed by atoms with Crippen LogP contribution in [0.5, 0.6) is 0 Å². The molecular formula is C15H15FN4O3. The third-order valence-electron chi connectivity index (χ3n) is 3.92. The molecule has 120 valence electrons. The Morgan fingerprint density at radius 2 is 2.17 bits per heavy atom. The van der Waals surface area contributed by atoms with Gasteiger partial charge in [0.05, 0.1) is 11.9 Å². The largest absolute Gasteiger partial charge is 0.480 e. The van der Waals surface area contributed by atoms with Gasteiger partial charge < -0.3 is 10.0 Å². The van der Waals surface area contributed by atoms with Crippen LogP contribution in [0, 0.1) is 12.7 Å². The second-order valence-electron chi connectivity index (χ2n) is 5.47. The van der Waals surface area contributed by atoms with Crippen molar-refractivity contribution in [3.63, 3.8) is 0 Å². The zero-order valence-corrected chi connectivity index (χ0v) is 12.4. The second kappa shape index (κ2) is 5.79. The van der Waals surface area contributed by atoms with Crippen LogP contribution < -0.4 is 0 Å². The lowest BCUT2D eigenvalue weighted by atomic mass is 10.2. The summed E-state index contributed by atoms with van der Waals surface area (Å²) >= 11 is 0. The maximum Gasteiger partial charge on any atom is 0.326 e. The predicted octanol–water partition coefficient (Wildman–Crippen LogP) is 1.40. The molecule has 8 heteroatoms. The fourth-order valence-corrected chi connectivity index (χ4v) is 2.77. The van der Waals surface area contributed by atoms with Gasteiger partial charge in [0.25, 0.3) is 5.91 Å². The van der Waals surface area contributed by atoms with Gasteiger partial charge in [0.2, 0.25) is 0 Å². The zero-order chi connectivity index (χ0) is 16.6. The highest BCUT2D eigenvalue weighted by Crippen LogP contribution is 2.20. The zero-order valence-electron chi connectivity index (χ0n) is 12.4. The van der Waals surface area contributed by atoms with Crippen LogP contribution in [-0.4, -0.2) is 49.5 Å². The fourth-order valence-electron chi connectivity index (χ4n) is 2.77. The number of rotatable bonds is 3. The van der Waals surface area contributed by atoms with Crippen molar-refractivity contribution < 1.29 is 19.1 Å². The molecule has 1 N–H and O–H groups in total. The van der Waals surface area contributed by atoms with Crippen molar-refractivity contribution >= 4 is 11.9 Å². The van der Waals surface area contributed by atoms with Crippen molar-refractivity contribution in [3.8, 4) is 5.69 Å². The molecule has 1 atom stereocenters. The van der Waals surface area contributed by atoms with E-state index in [2.05, 4.69) is 10.3 Å². The highest BCUT2D eigenvalue weighted by atomic mass is 19.1. The Morgan fingerprint density at radius 3 is 2.87 bits per heavy atom. The van der Waals surface area contributed by atoms with Gasteiger partial charge in [-0.2, -0.15) is 0 Å². The lowest BCUT2D eigenvalue weighted by Gasteiger charge is -2.19. The molecule has 0 aliphatic carbocycles. The van der Waals surface area contributed by atoms with Crippen LogP contribution in [0.3, 0.4) is 0 Å². The summed E-state index contributed by atoms with van der Waals surface area (Å²) in [5.41, 5.74) is 1.33. The molecule has 1 saturated heterocycles. The number of benzene rings is 1. The van der Waals surface area contributed by atoms with Gasteiger partial charge in [-0.25, -0.2) is 13.9 Å². The summed E-state index contributed by atoms with van der Waals surface area (Å²) < 4.78 is 14.5. The van der Waals surface area contributed by atoms with Crippen LogP contribution in [0.25, 0.3) is 5.69 Å². The predicted molar refractivity (Wildman–Crippen MR) is 77.7 cm³/mol. The van der Waals surface area contributed by atoms with E-state index in [1.54, 1.807) is 13.0 Å². The van der Waals surface area contributed by atoms with Gasteiger partial charge >= 0.3 is 5.97 Å². The number of likely N-dealkylation sites (tertiary alicyclic amines) is 1. The molecule has 1 aliphatic rings. The molecule has 1 aromatic carbocycles. The number of hydrogen-bond donors (Lipinski definition) is 1. The van der Waals surface area contributed by atoms with E-state index in [1.807, 2.05) is 0 Å². The highest BCUT2D eigenvalue weighted by Gasteiger charge is 2.35. The van der Waals surface area contributed by atoms with Crippen LogP contribution in [0.1, 0.15) is 28.9 Å². The molecule has 1 aromatic heterocycles. The Labute approximate surface area is 131 Å². The van der Waals surface area contributed by atoms with E-state index in [0.717, 1.165) is 0 Å². The summed E-state index contributed by atoms with van der Waals surface area (Å²) in [6, 6.07) is 3.38. The number of amides is 1. The molecule has 0 radical (unpaired) electrons. The second-order valence-corrected chi connectivity index (χ2v) is 5.47. The number of carbonyl (C=O) groups excluding carboxylic acids is 1. The minimum absolute atomic E-state index is 0.0712. The minimum atomic E-state index is -1.02. The lowest BCUT2D eigenvalue weighted by Crippen LogP contribution is -2.40. The molecule has 2 aromatic rings. The number of carbonyl (C=O) groups is 2. The van der Waals surface area contributed by atoms with Gasteiger partial charge in [0.15, 0.2) is 5.69 Å². The molecule has 23 heavy (non-hydrogen) atoms. The van der Waals surface area contributed by atoms with E-state index < -0.39 is 17.9 Å². The number of carboxylic acid groups (broad SMARTS) is 1. The number of aromatic nitrogens is 3. The van der Waals surface area contributed by atoms with Crippen LogP contribution in [0.15, 0.2) is 24.4 Å². The number of aliphatic carboxylic acids is 1. The third kappa shape index (κ3) is 2.79. The van der Waals surface area contributed by atoms with Crippen molar-refractivity contribution in [2.75, 3.05) is 6.54 Å². The standard InChI is InChI=1S/C15H15FN4O3/c1-9-7-10(16)4-5-12(9)20-8-11(17-18-20)14(21)19-6-2-3-13(19)15(22)23/h4-5,7-8,13H,2-3,6H2,1H3,(H,22,23). The first-order valence-corrected chi connectivity index (χ1v) is 7.20. The van der Waals surface area contributed by atoms with E-state index in [0.29, 0.717) is 30.6 Å². The minimum Gasteiger partial charge on any atom is -0.480 e. The van der Waals surface area contributed by atoms with Crippen molar-refractivity contribution in [3.05, 3.63) is 41.5 Å². The number of aryl methyl sites for hydroxylation is 1. The normalized spacial score (nSPS) is 17.5. The molecule has 1 fully saturated rings. The van der Waals surface area contributed by atoms with Gasteiger partial charge in [-0.05, 0) is 43.5 Å². The molecule has 1 unspecified atom stereocenters. The van der Waals surface area contributed by atoms with E-state index in [1.165, 1.54) is 27.9 Å². The summed E-state index contributed by atoms with van der Waals surface area (Å²) in [6.07, 6.45) is 2.51. The monoisotopic (exact) mass is 318 g/mol. The summed E-state index contributed by atoms with van der Waals surface area (Å²) in [4.78, 5) is 24.9. The smallest absolute Gasteiger partial charge is 0.326 e. The van der Waals surface area contributed by atoms with E-state index in [9.17, 15) is 14.0 Å². The molecule has 1 aliphatic heterocycles. The first-order chi connectivity index (χ1) is 11.0. The lowest BCUT2D eigenvalue weighted by molar-refractivity contribution is -0.141. The summed E-state index contributed by atoms with van der Waals surface area (Å²) in [5.74, 6) is -1.83. The Morgan fingerprint density at radius 1 is 1.39 bits per heavy atom. The van der Waals surface area contributed by atoms with Crippen molar-refractivity contribution in [1.29, 1.82) is 0 Å². The van der Waals surface area contributed by atoms with Gasteiger partial charge in [-0.3, -0.25) is 4.79 Å². The first-order valence-electron chi connectivity index (χ1n) is 7.20. The quantitative estimate of drug-likeness (QED) is 0.924. The SMILES string of the molecule is Cc1cc(F)ccc1-n1cc(C(=O)N2CCCC2C(=O)O)nn1. The molecule has 7 nitrogen and oxygen atoms in total. The Kier molecular flexibility index (Phi) is 3.81. The van der Waals surface area contributed by atoms with E-state index in [-0.39, 0.29) is 11.5 Å². The third-order valence-corrected chi connectivity index (χ3v) is 3.92. The molecule has 3 rings (SSSR count). The maximum atomic E-state index is 13.2. The number of hydrogen-bond acceptors (Lipinski definition) is 4. The van der Waals surface area contributed by atoms with Crippen LogP contribution in [-0.2, 0) is 4.79 Å². The summed E-state index contributed by atoms with van der Waals surface area (Å²) in [6.45, 7) is 2.11. The molecule has 2 heterocycles. The molecule has 1 amide bonds.